The fraction of sp³-hybridized carbons (Fsp3) is 0.571. The van der Waals surface area contributed by atoms with Crippen LogP contribution < -0.4 is 5.32 Å². The van der Waals surface area contributed by atoms with E-state index in [4.69, 9.17) is 0 Å². The van der Waals surface area contributed by atoms with Crippen LogP contribution in [0.25, 0.3) is 0 Å². The summed E-state index contributed by atoms with van der Waals surface area (Å²) in [5, 5.41) is 3.16. The lowest BCUT2D eigenvalue weighted by Crippen LogP contribution is -2.19. The average Bonchev–Trinajstić information content (AvgIpc) is 2.29. The van der Waals surface area contributed by atoms with Crippen molar-refractivity contribution in [1.82, 2.24) is 5.32 Å². The fourth-order valence-corrected chi connectivity index (χ4v) is 2.50. The molecular weight excluding hydrogens is 271 g/mol. The number of rotatable bonds is 6. The average molecular weight is 291 g/mol. The molecule has 0 saturated carbocycles. The van der Waals surface area contributed by atoms with Crippen LogP contribution in [-0.4, -0.2) is 12.3 Å². The minimum atomic E-state index is -4.29. The number of halogens is 3. The molecule has 0 bridgehead atoms. The summed E-state index contributed by atoms with van der Waals surface area (Å²) in [5.74, 6) is 1.12. The van der Waals surface area contributed by atoms with E-state index in [2.05, 4.69) is 19.2 Å². The fourth-order valence-electron chi connectivity index (χ4n) is 1.70. The van der Waals surface area contributed by atoms with Gasteiger partial charge in [0.05, 0.1) is 5.56 Å². The minimum absolute atomic E-state index is 0.308. The lowest BCUT2D eigenvalue weighted by molar-refractivity contribution is -0.139. The maximum atomic E-state index is 13.0. The van der Waals surface area contributed by atoms with Gasteiger partial charge in [-0.1, -0.05) is 26.8 Å². The number of hydrogen-bond acceptors (Lipinski definition) is 2. The zero-order valence-electron chi connectivity index (χ0n) is 11.5. The summed E-state index contributed by atoms with van der Waals surface area (Å²) in [6.07, 6.45) is -4.29. The maximum absolute atomic E-state index is 13.0. The zero-order chi connectivity index (χ0) is 14.5. The van der Waals surface area contributed by atoms with E-state index in [0.29, 0.717) is 28.7 Å². The van der Waals surface area contributed by atoms with E-state index in [1.165, 1.54) is 17.8 Å². The van der Waals surface area contributed by atoms with Crippen LogP contribution in [-0.2, 0) is 12.7 Å². The first-order valence-electron chi connectivity index (χ1n) is 6.38. The van der Waals surface area contributed by atoms with Crippen molar-refractivity contribution in [3.05, 3.63) is 29.3 Å². The summed E-state index contributed by atoms with van der Waals surface area (Å²) < 4.78 is 38.9. The predicted molar refractivity (Wildman–Crippen MR) is 74.4 cm³/mol. The zero-order valence-corrected chi connectivity index (χ0v) is 12.3. The van der Waals surface area contributed by atoms with Crippen molar-refractivity contribution in [2.24, 2.45) is 5.92 Å². The van der Waals surface area contributed by atoms with E-state index in [-0.39, 0.29) is 0 Å². The molecule has 1 aromatic rings. The molecule has 0 atom stereocenters. The van der Waals surface area contributed by atoms with Gasteiger partial charge < -0.3 is 5.32 Å². The molecule has 1 aromatic carbocycles. The molecule has 1 nitrogen and oxygen atoms in total. The van der Waals surface area contributed by atoms with Gasteiger partial charge in [-0.2, -0.15) is 13.2 Å². The van der Waals surface area contributed by atoms with Gasteiger partial charge in [0.15, 0.2) is 0 Å². The van der Waals surface area contributed by atoms with Gasteiger partial charge in [-0.25, -0.2) is 0 Å². The Hall–Kier alpha value is -0.680. The lowest BCUT2D eigenvalue weighted by atomic mass is 10.1. The van der Waals surface area contributed by atoms with Crippen LogP contribution in [0.4, 0.5) is 13.2 Å². The molecular formula is C14H20F3NS. The van der Waals surface area contributed by atoms with Gasteiger partial charge in [-0.3, -0.25) is 0 Å². The smallest absolute Gasteiger partial charge is 0.312 e. The molecule has 19 heavy (non-hydrogen) atoms. The topological polar surface area (TPSA) is 12.0 Å². The Morgan fingerprint density at radius 1 is 1.26 bits per heavy atom. The van der Waals surface area contributed by atoms with Gasteiger partial charge in [0.2, 0.25) is 0 Å². The molecule has 0 aromatic heterocycles. The quantitative estimate of drug-likeness (QED) is 0.771. The molecule has 0 aliphatic rings. The first-order chi connectivity index (χ1) is 8.84. The molecule has 0 unspecified atom stereocenters. The summed E-state index contributed by atoms with van der Waals surface area (Å²) in [4.78, 5) is 0.308. The Morgan fingerprint density at radius 2 is 1.95 bits per heavy atom. The molecule has 0 amide bonds. The molecule has 1 N–H and O–H groups in total. The van der Waals surface area contributed by atoms with Gasteiger partial charge in [-0.15, -0.1) is 11.8 Å². The van der Waals surface area contributed by atoms with E-state index in [0.717, 1.165) is 6.54 Å². The van der Waals surface area contributed by atoms with Gasteiger partial charge in [0.1, 0.15) is 0 Å². The Morgan fingerprint density at radius 3 is 2.47 bits per heavy atom. The Bertz CT molecular complexity index is 402. The maximum Gasteiger partial charge on any atom is 0.417 e. The van der Waals surface area contributed by atoms with E-state index in [1.807, 2.05) is 6.92 Å². The predicted octanol–water partition coefficient (Wildman–Crippen LogP) is 4.56. The van der Waals surface area contributed by atoms with Crippen molar-refractivity contribution in [3.63, 3.8) is 0 Å². The molecule has 108 valence electrons. The van der Waals surface area contributed by atoms with Crippen LogP contribution in [0.5, 0.6) is 0 Å². The molecule has 0 saturated heterocycles. The van der Waals surface area contributed by atoms with Crippen molar-refractivity contribution < 1.29 is 13.2 Å². The van der Waals surface area contributed by atoms with E-state index < -0.39 is 11.7 Å². The highest BCUT2D eigenvalue weighted by Gasteiger charge is 2.33. The molecule has 0 aliphatic heterocycles. The standard InChI is InChI=1S/C14H20F3NS/c1-4-19-13-6-5-11(9-18-8-10(2)3)7-12(13)14(15,16)17/h5-7,10,18H,4,8-9H2,1-3H3. The summed E-state index contributed by atoms with van der Waals surface area (Å²) >= 11 is 1.23. The van der Waals surface area contributed by atoms with Crippen molar-refractivity contribution in [3.8, 4) is 0 Å². The van der Waals surface area contributed by atoms with Crippen LogP contribution in [0.15, 0.2) is 23.1 Å². The van der Waals surface area contributed by atoms with E-state index in [1.54, 1.807) is 12.1 Å². The minimum Gasteiger partial charge on any atom is -0.312 e. The second kappa shape index (κ2) is 7.20. The molecule has 0 spiro atoms. The van der Waals surface area contributed by atoms with Crippen LogP contribution in [0.1, 0.15) is 31.9 Å². The number of benzene rings is 1. The monoisotopic (exact) mass is 291 g/mol. The molecule has 5 heteroatoms. The van der Waals surface area contributed by atoms with Crippen molar-refractivity contribution in [1.29, 1.82) is 0 Å². The highest BCUT2D eigenvalue weighted by atomic mass is 32.2. The first-order valence-corrected chi connectivity index (χ1v) is 7.36. The van der Waals surface area contributed by atoms with Gasteiger partial charge in [0, 0.05) is 11.4 Å². The molecule has 0 fully saturated rings. The van der Waals surface area contributed by atoms with Crippen LogP contribution >= 0.6 is 11.8 Å². The molecule has 0 aliphatic carbocycles. The SMILES string of the molecule is CCSc1ccc(CNCC(C)C)cc1C(F)(F)F. The third-order valence-electron chi connectivity index (χ3n) is 2.53. The second-order valence-electron chi connectivity index (χ2n) is 4.79. The Labute approximate surface area is 117 Å². The summed E-state index contributed by atoms with van der Waals surface area (Å²) in [6, 6.07) is 4.59. The Balaban J connectivity index is 2.86. The summed E-state index contributed by atoms with van der Waals surface area (Å²) in [6.45, 7) is 7.25. The second-order valence-corrected chi connectivity index (χ2v) is 6.09. The highest BCUT2D eigenvalue weighted by Crippen LogP contribution is 2.37. The van der Waals surface area contributed by atoms with Crippen molar-refractivity contribution in [2.75, 3.05) is 12.3 Å². The summed E-state index contributed by atoms with van der Waals surface area (Å²) in [7, 11) is 0. The third kappa shape index (κ3) is 5.45. The van der Waals surface area contributed by atoms with Gasteiger partial charge in [0.25, 0.3) is 0 Å². The lowest BCUT2D eigenvalue weighted by Gasteiger charge is -2.14. The first kappa shape index (κ1) is 16.4. The largest absolute Gasteiger partial charge is 0.417 e. The number of hydrogen-bond donors (Lipinski definition) is 1. The number of alkyl halides is 3. The number of nitrogens with one attached hydrogen (secondary N) is 1. The third-order valence-corrected chi connectivity index (χ3v) is 3.49. The van der Waals surface area contributed by atoms with Crippen LogP contribution in [0.3, 0.4) is 0 Å². The normalized spacial score (nSPS) is 12.2. The Kier molecular flexibility index (Phi) is 6.20. The van der Waals surface area contributed by atoms with E-state index in [9.17, 15) is 13.2 Å². The molecule has 1 rings (SSSR count). The van der Waals surface area contributed by atoms with Gasteiger partial charge in [-0.05, 0) is 35.9 Å². The van der Waals surface area contributed by atoms with Crippen LogP contribution in [0, 0.1) is 5.92 Å². The highest BCUT2D eigenvalue weighted by molar-refractivity contribution is 7.99. The molecule has 0 heterocycles. The molecule has 0 radical (unpaired) electrons. The van der Waals surface area contributed by atoms with Crippen LogP contribution in [0.2, 0.25) is 0 Å². The van der Waals surface area contributed by atoms with Gasteiger partial charge >= 0.3 is 6.18 Å². The number of thioether (sulfide) groups is 1. The van der Waals surface area contributed by atoms with Crippen molar-refractivity contribution >= 4 is 11.8 Å². The summed E-state index contributed by atoms with van der Waals surface area (Å²) in [5.41, 5.74) is 0.150. The van der Waals surface area contributed by atoms with E-state index >= 15 is 0 Å². The van der Waals surface area contributed by atoms with Crippen molar-refractivity contribution in [2.45, 2.75) is 38.4 Å².